The minimum Gasteiger partial charge on any atom is -0.461 e. The lowest BCUT2D eigenvalue weighted by Crippen LogP contribution is -2.65. The summed E-state index contributed by atoms with van der Waals surface area (Å²) in [4.78, 5) is 38.4. The topological polar surface area (TPSA) is 108 Å². The van der Waals surface area contributed by atoms with Crippen molar-refractivity contribution in [1.29, 1.82) is 0 Å². The zero-order valence-electron chi connectivity index (χ0n) is 17.0. The van der Waals surface area contributed by atoms with E-state index in [1.54, 1.807) is 0 Å². The minimum absolute atomic E-state index is 0.00429. The summed E-state index contributed by atoms with van der Waals surface area (Å²) in [6, 6.07) is 9.24. The van der Waals surface area contributed by atoms with Gasteiger partial charge in [0.15, 0.2) is 6.10 Å². The van der Waals surface area contributed by atoms with Crippen LogP contribution in [0.4, 0.5) is 0 Å². The fourth-order valence-electron chi connectivity index (χ4n) is 6.07. The molecular formula is C22H24O8. The van der Waals surface area contributed by atoms with E-state index in [4.69, 9.17) is 18.9 Å². The first-order chi connectivity index (χ1) is 14.1. The number of esters is 3. The number of carbonyl (C=O) groups excluding carboxylic acids is 3. The summed E-state index contributed by atoms with van der Waals surface area (Å²) in [6.45, 7) is 5.51. The van der Waals surface area contributed by atoms with Crippen LogP contribution in [0.1, 0.15) is 39.2 Å². The third-order valence-electron chi connectivity index (χ3n) is 7.45. The summed E-state index contributed by atoms with van der Waals surface area (Å²) in [6.07, 6.45) is -3.84. The molecule has 8 heteroatoms. The van der Waals surface area contributed by atoms with Crippen LogP contribution in [0, 0.1) is 16.2 Å². The molecule has 3 saturated heterocycles. The minimum atomic E-state index is -1.63. The Morgan fingerprint density at radius 2 is 1.80 bits per heavy atom. The van der Waals surface area contributed by atoms with E-state index in [1.165, 1.54) is 0 Å². The number of benzene rings is 1. The van der Waals surface area contributed by atoms with E-state index >= 15 is 0 Å². The Morgan fingerprint density at radius 1 is 1.10 bits per heavy atom. The maximum Gasteiger partial charge on any atom is 0.339 e. The van der Waals surface area contributed by atoms with Gasteiger partial charge in [0.25, 0.3) is 6.29 Å². The van der Waals surface area contributed by atoms with Gasteiger partial charge in [-0.1, -0.05) is 51.1 Å². The summed E-state index contributed by atoms with van der Waals surface area (Å²) in [5, 5.41) is 12.1. The molecule has 2 spiro atoms. The first kappa shape index (κ1) is 19.5. The highest BCUT2D eigenvalue weighted by Gasteiger charge is 2.93. The first-order valence-corrected chi connectivity index (χ1v) is 10.1. The molecule has 0 radical (unpaired) electrons. The fraction of sp³-hybridized carbons (Fsp3) is 0.591. The van der Waals surface area contributed by atoms with E-state index in [0.29, 0.717) is 0 Å². The van der Waals surface area contributed by atoms with Crippen LogP contribution in [-0.2, 0) is 39.9 Å². The van der Waals surface area contributed by atoms with Crippen molar-refractivity contribution in [2.75, 3.05) is 0 Å². The second-order valence-electron chi connectivity index (χ2n) is 9.66. The summed E-state index contributed by atoms with van der Waals surface area (Å²) < 4.78 is 22.5. The van der Waals surface area contributed by atoms with Crippen LogP contribution >= 0.6 is 0 Å². The molecule has 30 heavy (non-hydrogen) atoms. The zero-order chi connectivity index (χ0) is 21.5. The van der Waals surface area contributed by atoms with Gasteiger partial charge in [0.2, 0.25) is 0 Å². The predicted molar refractivity (Wildman–Crippen MR) is 99.4 cm³/mol. The Balaban J connectivity index is 1.68. The largest absolute Gasteiger partial charge is 0.461 e. The van der Waals surface area contributed by atoms with E-state index in [1.807, 2.05) is 51.1 Å². The second kappa shape index (κ2) is 5.82. The average Bonchev–Trinajstić information content (AvgIpc) is 3.28. The molecule has 4 fully saturated rings. The maximum atomic E-state index is 13.1. The van der Waals surface area contributed by atoms with E-state index in [-0.39, 0.29) is 19.4 Å². The molecular weight excluding hydrogens is 392 g/mol. The van der Waals surface area contributed by atoms with Crippen molar-refractivity contribution < 1.29 is 38.4 Å². The molecule has 6 atom stereocenters. The van der Waals surface area contributed by atoms with E-state index < -0.39 is 58.3 Å². The van der Waals surface area contributed by atoms with Gasteiger partial charge in [-0.15, -0.1) is 0 Å². The summed E-state index contributed by atoms with van der Waals surface area (Å²) in [5.41, 5.74) is -4.75. The van der Waals surface area contributed by atoms with Gasteiger partial charge in [-0.25, -0.2) is 4.79 Å². The number of rotatable bonds is 3. The fourth-order valence-corrected chi connectivity index (χ4v) is 6.07. The van der Waals surface area contributed by atoms with Crippen molar-refractivity contribution in [2.45, 2.75) is 64.3 Å². The van der Waals surface area contributed by atoms with Crippen LogP contribution < -0.4 is 0 Å². The van der Waals surface area contributed by atoms with Crippen molar-refractivity contribution in [3.63, 3.8) is 0 Å². The highest BCUT2D eigenvalue weighted by atomic mass is 16.7. The van der Waals surface area contributed by atoms with Crippen molar-refractivity contribution in [3.8, 4) is 0 Å². The Hall–Kier alpha value is -2.45. The molecule has 160 valence electrons. The molecule has 4 unspecified atom stereocenters. The third kappa shape index (κ3) is 2.01. The van der Waals surface area contributed by atoms with Gasteiger partial charge in [0.1, 0.15) is 16.9 Å². The average molecular weight is 416 g/mol. The molecule has 1 saturated carbocycles. The standard InChI is InChI=1S/C22H24O8/c1-19(2,3)21(26)9-13-20(10-14(23)28-13)17(25)30-18-22(20,21)15(16(24)29-18)27-11-12-7-5-4-6-8-12/h4-8,13,15,18,26H,9-11H2,1-3H3/t13?,15-,18?,20?,21-,22?/m1/s1. The molecule has 8 nitrogen and oxygen atoms in total. The van der Waals surface area contributed by atoms with E-state index in [0.717, 1.165) is 5.56 Å². The van der Waals surface area contributed by atoms with Gasteiger partial charge in [0.05, 0.1) is 18.6 Å². The quantitative estimate of drug-likeness (QED) is 0.739. The van der Waals surface area contributed by atoms with Crippen LogP contribution in [0.5, 0.6) is 0 Å². The predicted octanol–water partition coefficient (Wildman–Crippen LogP) is 1.48. The molecule has 3 aliphatic heterocycles. The van der Waals surface area contributed by atoms with Gasteiger partial charge in [-0.05, 0) is 11.0 Å². The van der Waals surface area contributed by atoms with E-state index in [9.17, 15) is 19.5 Å². The van der Waals surface area contributed by atoms with E-state index in [2.05, 4.69) is 0 Å². The maximum absolute atomic E-state index is 13.1. The van der Waals surface area contributed by atoms with Gasteiger partial charge >= 0.3 is 17.9 Å². The Morgan fingerprint density at radius 3 is 2.47 bits per heavy atom. The molecule has 4 aliphatic rings. The van der Waals surface area contributed by atoms with Crippen LogP contribution in [0.15, 0.2) is 30.3 Å². The van der Waals surface area contributed by atoms with Gasteiger partial charge in [-0.2, -0.15) is 0 Å². The normalized spacial score (nSPS) is 41.7. The first-order valence-electron chi connectivity index (χ1n) is 10.1. The van der Waals surface area contributed by atoms with Crippen LogP contribution in [0.25, 0.3) is 0 Å². The number of aliphatic hydroxyl groups is 1. The molecule has 0 amide bonds. The Bertz CT molecular complexity index is 936. The lowest BCUT2D eigenvalue weighted by Gasteiger charge is -2.50. The van der Waals surface area contributed by atoms with Crippen molar-refractivity contribution in [1.82, 2.24) is 0 Å². The lowest BCUT2D eigenvalue weighted by atomic mass is 9.52. The molecule has 0 bridgehead atoms. The highest BCUT2D eigenvalue weighted by Crippen LogP contribution is 2.76. The molecule has 1 N–H and O–H groups in total. The van der Waals surface area contributed by atoms with Crippen LogP contribution in [0.3, 0.4) is 0 Å². The van der Waals surface area contributed by atoms with Crippen molar-refractivity contribution >= 4 is 17.9 Å². The monoisotopic (exact) mass is 416 g/mol. The summed E-state index contributed by atoms with van der Waals surface area (Å²) in [7, 11) is 0. The smallest absolute Gasteiger partial charge is 0.339 e. The number of hydrogen-bond acceptors (Lipinski definition) is 8. The van der Waals surface area contributed by atoms with Crippen LogP contribution in [0.2, 0.25) is 0 Å². The molecule has 5 rings (SSSR count). The summed E-state index contributed by atoms with van der Waals surface area (Å²) in [5.74, 6) is -1.97. The highest BCUT2D eigenvalue weighted by molar-refractivity contribution is 5.95. The SMILES string of the molecule is CC(C)(C)[C@]1(O)CC2OC(=O)CC23C(=O)OC2OC(=O)[C@@H](OCc4ccccc4)C231. The van der Waals surface area contributed by atoms with Gasteiger partial charge < -0.3 is 24.1 Å². The number of hydrogen-bond donors (Lipinski definition) is 1. The third-order valence-corrected chi connectivity index (χ3v) is 7.45. The molecule has 1 aliphatic carbocycles. The van der Waals surface area contributed by atoms with Crippen molar-refractivity contribution in [3.05, 3.63) is 35.9 Å². The number of ether oxygens (including phenoxy) is 4. The molecule has 1 aromatic rings. The molecule has 0 aromatic heterocycles. The van der Waals surface area contributed by atoms with Gasteiger partial charge in [0, 0.05) is 6.42 Å². The van der Waals surface area contributed by atoms with Gasteiger partial charge in [-0.3, -0.25) is 9.59 Å². The molecule has 3 heterocycles. The molecule has 1 aromatic carbocycles. The Kier molecular flexibility index (Phi) is 3.79. The van der Waals surface area contributed by atoms with Crippen LogP contribution in [-0.4, -0.2) is 47.1 Å². The number of carbonyl (C=O) groups is 3. The van der Waals surface area contributed by atoms with Crippen molar-refractivity contribution in [2.24, 2.45) is 16.2 Å². The Labute approximate surface area is 173 Å². The second-order valence-corrected chi connectivity index (χ2v) is 9.66. The zero-order valence-corrected chi connectivity index (χ0v) is 17.0. The lowest BCUT2D eigenvalue weighted by molar-refractivity contribution is -0.231. The summed E-state index contributed by atoms with van der Waals surface area (Å²) >= 11 is 0.